The predicted molar refractivity (Wildman–Crippen MR) is 113 cm³/mol. The molecular weight excluding hydrogens is 376 g/mol. The molecule has 6 nitrogen and oxygen atoms in total. The van der Waals surface area contributed by atoms with Gasteiger partial charge in [-0.2, -0.15) is 0 Å². The van der Waals surface area contributed by atoms with Crippen molar-refractivity contribution >= 4 is 5.78 Å². The third-order valence-electron chi connectivity index (χ3n) is 10.4. The lowest BCUT2D eigenvalue weighted by Gasteiger charge is -2.61. The van der Waals surface area contributed by atoms with Crippen LogP contribution in [0.25, 0.3) is 0 Å². The van der Waals surface area contributed by atoms with Crippen molar-refractivity contribution < 1.29 is 9.90 Å². The van der Waals surface area contributed by atoms with E-state index in [0.717, 1.165) is 37.5 Å². The lowest BCUT2D eigenvalue weighted by Crippen LogP contribution is -2.55. The fourth-order valence-corrected chi connectivity index (χ4v) is 8.61. The molecule has 5 rings (SSSR count). The van der Waals surface area contributed by atoms with Crippen molar-refractivity contribution in [3.63, 3.8) is 0 Å². The minimum atomic E-state index is -0.473. The summed E-state index contributed by atoms with van der Waals surface area (Å²) in [5.74, 6) is 4.02. The third-order valence-corrected chi connectivity index (χ3v) is 10.4. The van der Waals surface area contributed by atoms with Crippen molar-refractivity contribution in [3.8, 4) is 0 Å². The highest BCUT2D eigenvalue weighted by Gasteiger charge is 2.61. The second kappa shape index (κ2) is 6.85. The molecular formula is C24H38N4O2. The normalized spacial score (nSPS) is 48.0. The van der Waals surface area contributed by atoms with Crippen molar-refractivity contribution in [2.24, 2.45) is 40.4 Å². The van der Waals surface area contributed by atoms with E-state index in [0.29, 0.717) is 35.4 Å². The number of hydrogen-bond acceptors (Lipinski definition) is 5. The maximum absolute atomic E-state index is 13.3. The molecule has 8 atom stereocenters. The Labute approximate surface area is 180 Å². The van der Waals surface area contributed by atoms with E-state index in [1.165, 1.54) is 32.1 Å². The Kier molecular flexibility index (Phi) is 4.70. The lowest BCUT2D eigenvalue weighted by atomic mass is 9.44. The van der Waals surface area contributed by atoms with Gasteiger partial charge in [0.05, 0.1) is 5.60 Å². The summed E-state index contributed by atoms with van der Waals surface area (Å²) in [5, 5.41) is 22.3. The molecule has 0 unspecified atom stereocenters. The van der Waals surface area contributed by atoms with Gasteiger partial charge in [0.25, 0.3) is 0 Å². The van der Waals surface area contributed by atoms with E-state index in [1.54, 1.807) is 4.68 Å². The molecule has 1 aromatic rings. The number of fused-ring (bicyclic) bond motifs is 5. The van der Waals surface area contributed by atoms with E-state index in [2.05, 4.69) is 29.4 Å². The van der Waals surface area contributed by atoms with Crippen LogP contribution in [0.2, 0.25) is 0 Å². The summed E-state index contributed by atoms with van der Waals surface area (Å²) >= 11 is 0. The Hall–Kier alpha value is -1.30. The molecule has 6 heteroatoms. The topological polar surface area (TPSA) is 80.9 Å². The van der Waals surface area contributed by atoms with Gasteiger partial charge in [-0.15, -0.1) is 5.10 Å². The van der Waals surface area contributed by atoms with E-state index in [-0.39, 0.29) is 11.3 Å². The van der Waals surface area contributed by atoms with E-state index >= 15 is 0 Å². The minimum Gasteiger partial charge on any atom is -0.390 e. The number of carbonyl (C=O) groups is 1. The molecule has 1 aromatic heterocycles. The molecule has 1 N–H and O–H groups in total. The summed E-state index contributed by atoms with van der Waals surface area (Å²) in [6, 6.07) is 0. The number of tetrazole rings is 1. The molecule has 4 fully saturated rings. The molecule has 4 aliphatic rings. The molecule has 4 aliphatic carbocycles. The van der Waals surface area contributed by atoms with Crippen LogP contribution in [0.3, 0.4) is 0 Å². The minimum absolute atomic E-state index is 0.128. The largest absolute Gasteiger partial charge is 0.390 e. The number of aliphatic hydroxyl groups is 1. The van der Waals surface area contributed by atoms with Gasteiger partial charge >= 0.3 is 0 Å². The smallest absolute Gasteiger partial charge is 0.158 e. The van der Waals surface area contributed by atoms with Crippen LogP contribution in [0.4, 0.5) is 0 Å². The Morgan fingerprint density at radius 1 is 1.03 bits per heavy atom. The van der Waals surface area contributed by atoms with Crippen molar-refractivity contribution in [1.82, 2.24) is 20.2 Å². The zero-order valence-corrected chi connectivity index (χ0v) is 19.1. The molecule has 0 amide bonds. The molecule has 0 aromatic carbocycles. The third kappa shape index (κ3) is 3.00. The second-order valence-electron chi connectivity index (χ2n) is 11.9. The van der Waals surface area contributed by atoms with Crippen LogP contribution in [0, 0.1) is 47.3 Å². The molecule has 0 bridgehead atoms. The maximum atomic E-state index is 13.3. The Balaban J connectivity index is 1.35. The Morgan fingerprint density at radius 3 is 2.53 bits per heavy atom. The number of ketones is 1. The van der Waals surface area contributed by atoms with Crippen LogP contribution in [0.1, 0.15) is 84.4 Å². The first kappa shape index (κ1) is 20.6. The van der Waals surface area contributed by atoms with Crippen molar-refractivity contribution in [3.05, 3.63) is 5.82 Å². The summed E-state index contributed by atoms with van der Waals surface area (Å²) < 4.78 is 1.66. The molecule has 30 heavy (non-hydrogen) atoms. The van der Waals surface area contributed by atoms with Crippen molar-refractivity contribution in [2.75, 3.05) is 0 Å². The number of rotatable bonds is 3. The Bertz CT molecular complexity index is 835. The zero-order chi connectivity index (χ0) is 21.3. The first-order chi connectivity index (χ1) is 14.1. The number of nitrogens with zero attached hydrogens (tertiary/aromatic N) is 4. The SMILES string of the molecule is Cc1nnnn1CC(=O)[C@@H]1CC[C@H]2[C@@H]3CC[C@@H]4C[C@](C)(O)CC[C@]4(C)[C@H]3CC[C@]12C. The van der Waals surface area contributed by atoms with Gasteiger partial charge in [-0.3, -0.25) is 4.79 Å². The fraction of sp³-hybridized carbons (Fsp3) is 0.917. The fourth-order valence-electron chi connectivity index (χ4n) is 8.61. The summed E-state index contributed by atoms with van der Waals surface area (Å²) in [5.41, 5.74) is 0.0288. The van der Waals surface area contributed by atoms with Gasteiger partial charge in [0.1, 0.15) is 12.4 Å². The molecule has 0 radical (unpaired) electrons. The summed E-state index contributed by atoms with van der Waals surface area (Å²) in [6.45, 7) is 9.16. The van der Waals surface area contributed by atoms with Gasteiger partial charge in [-0.25, -0.2) is 4.68 Å². The van der Waals surface area contributed by atoms with Crippen LogP contribution in [-0.4, -0.2) is 36.7 Å². The predicted octanol–water partition coefficient (Wildman–Crippen LogP) is 3.96. The van der Waals surface area contributed by atoms with Gasteiger partial charge in [0.2, 0.25) is 0 Å². The van der Waals surface area contributed by atoms with Crippen LogP contribution in [-0.2, 0) is 11.3 Å². The van der Waals surface area contributed by atoms with Crippen LogP contribution < -0.4 is 0 Å². The van der Waals surface area contributed by atoms with Gasteiger partial charge < -0.3 is 5.11 Å². The highest BCUT2D eigenvalue weighted by atomic mass is 16.3. The van der Waals surface area contributed by atoms with Gasteiger partial charge in [-0.1, -0.05) is 13.8 Å². The van der Waals surface area contributed by atoms with Crippen LogP contribution in [0.15, 0.2) is 0 Å². The lowest BCUT2D eigenvalue weighted by molar-refractivity contribution is -0.151. The highest BCUT2D eigenvalue weighted by Crippen LogP contribution is 2.68. The molecule has 0 saturated heterocycles. The first-order valence-electron chi connectivity index (χ1n) is 12.1. The summed E-state index contributed by atoms with van der Waals surface area (Å²) in [6.07, 6.45) is 10.3. The van der Waals surface area contributed by atoms with Crippen molar-refractivity contribution in [1.29, 1.82) is 0 Å². The van der Waals surface area contributed by atoms with Gasteiger partial charge in [0.15, 0.2) is 5.78 Å². The van der Waals surface area contributed by atoms with E-state index in [9.17, 15) is 9.90 Å². The molecule has 0 aliphatic heterocycles. The van der Waals surface area contributed by atoms with Crippen molar-refractivity contribution in [2.45, 2.75) is 97.6 Å². The molecule has 166 valence electrons. The van der Waals surface area contributed by atoms with E-state index in [1.807, 2.05) is 13.8 Å². The number of aromatic nitrogens is 4. The quantitative estimate of drug-likeness (QED) is 0.810. The number of aryl methyl sites for hydroxylation is 1. The average Bonchev–Trinajstić information content (AvgIpc) is 3.24. The molecule has 1 heterocycles. The summed E-state index contributed by atoms with van der Waals surface area (Å²) in [7, 11) is 0. The zero-order valence-electron chi connectivity index (χ0n) is 19.1. The Morgan fingerprint density at radius 2 is 1.80 bits per heavy atom. The summed E-state index contributed by atoms with van der Waals surface area (Å²) in [4.78, 5) is 13.3. The first-order valence-corrected chi connectivity index (χ1v) is 12.1. The second-order valence-corrected chi connectivity index (χ2v) is 11.9. The van der Waals surface area contributed by atoms with Crippen LogP contribution in [0.5, 0.6) is 0 Å². The van der Waals surface area contributed by atoms with Gasteiger partial charge in [0, 0.05) is 5.92 Å². The van der Waals surface area contributed by atoms with E-state index < -0.39 is 5.60 Å². The van der Waals surface area contributed by atoms with Crippen LogP contribution >= 0.6 is 0 Å². The number of hydrogen-bond donors (Lipinski definition) is 1. The molecule has 0 spiro atoms. The van der Waals surface area contributed by atoms with Gasteiger partial charge in [-0.05, 0) is 117 Å². The monoisotopic (exact) mass is 414 g/mol. The average molecular weight is 415 g/mol. The number of Topliss-reactive ketones (excluding diaryl/α,β-unsaturated/α-hetero) is 1. The standard InChI is InChI=1S/C24H38N4O2/c1-15-25-26-27-28(15)14-21(29)20-8-7-18-17-6-5-16-13-22(2,30)11-12-23(16,3)19(17)9-10-24(18,20)4/h16-20,30H,5-14H2,1-4H3/t16-,17+,18+,19+,20+,22-,23+,24+/m1/s1. The highest BCUT2D eigenvalue weighted by molar-refractivity contribution is 5.82. The van der Waals surface area contributed by atoms with E-state index in [4.69, 9.17) is 0 Å². The number of carbonyl (C=O) groups excluding carboxylic acids is 1. The maximum Gasteiger partial charge on any atom is 0.158 e. The molecule has 4 saturated carbocycles.